The first-order valence-electron chi connectivity index (χ1n) is 22.6. The Labute approximate surface area is 420 Å². The highest BCUT2D eigenvalue weighted by molar-refractivity contribution is 7.86. The van der Waals surface area contributed by atoms with E-state index in [1.165, 1.54) is 48.7 Å². The maximum atomic E-state index is 12.8. The molecule has 0 radical (unpaired) electrons. The predicted octanol–water partition coefficient (Wildman–Crippen LogP) is 6.24. The van der Waals surface area contributed by atoms with Crippen LogP contribution in [0.4, 0.5) is 5.69 Å². The molecule has 3 aromatic rings. The fourth-order valence-electron chi connectivity index (χ4n) is 8.20. The lowest BCUT2D eigenvalue weighted by molar-refractivity contribution is -0.121. The molecule has 1 atom stereocenters. The summed E-state index contributed by atoms with van der Waals surface area (Å²) in [6.45, 7) is 7.59. The van der Waals surface area contributed by atoms with Crippen molar-refractivity contribution in [2.75, 3.05) is 42.6 Å². The van der Waals surface area contributed by atoms with Crippen molar-refractivity contribution in [2.45, 2.75) is 99.8 Å². The molecule has 0 saturated heterocycles. The largest absolute Gasteiger partial charge is 0.354 e. The summed E-state index contributed by atoms with van der Waals surface area (Å²) < 4.78 is 134. The number of carbonyl (C=O) groups excluding carboxylic acids is 2. The number of pyridine rings is 1. The number of aliphatic imine (C=N–C) groups is 1. The molecule has 0 aliphatic carbocycles. The number of carbonyl (C=O) groups is 2. The number of fused-ring (bicyclic) bond motifs is 1. The van der Waals surface area contributed by atoms with Crippen LogP contribution in [0, 0.1) is 6.92 Å². The molecule has 1 aliphatic rings. The molecular formula is C46H60N8O14S4. The van der Waals surface area contributed by atoms with Crippen LogP contribution in [-0.4, -0.2) is 112 Å². The molecule has 2 amide bonds. The smallest absolute Gasteiger partial charge is 0.294 e. The minimum absolute atomic E-state index is 0.0112. The van der Waals surface area contributed by atoms with Gasteiger partial charge in [-0.2, -0.15) is 33.7 Å². The van der Waals surface area contributed by atoms with Gasteiger partial charge in [-0.25, -0.2) is 0 Å². The molecule has 22 nitrogen and oxygen atoms in total. The number of hydrogen-bond acceptors (Lipinski definition) is 14. The van der Waals surface area contributed by atoms with Crippen molar-refractivity contribution in [2.24, 2.45) is 10.1 Å². The number of nitrogens with one attached hydrogen (secondary N) is 2. The molecule has 26 heteroatoms. The highest BCUT2D eigenvalue weighted by Gasteiger charge is 2.40. The van der Waals surface area contributed by atoms with Crippen LogP contribution < -0.4 is 15.5 Å². The lowest BCUT2D eigenvalue weighted by atomic mass is 9.72. The second-order valence-electron chi connectivity index (χ2n) is 17.7. The summed E-state index contributed by atoms with van der Waals surface area (Å²) in [5.74, 6) is -1.78. The lowest BCUT2D eigenvalue weighted by Crippen LogP contribution is -2.34. The summed E-state index contributed by atoms with van der Waals surface area (Å²) >= 11 is 0. The van der Waals surface area contributed by atoms with Crippen molar-refractivity contribution < 1.29 is 61.5 Å². The van der Waals surface area contributed by atoms with E-state index in [2.05, 4.69) is 25.6 Å². The van der Waals surface area contributed by atoms with Crippen molar-refractivity contribution in [3.05, 3.63) is 129 Å². The summed E-state index contributed by atoms with van der Waals surface area (Å²) in [4.78, 5) is 37.9. The number of anilines is 1. The van der Waals surface area contributed by atoms with Crippen molar-refractivity contribution >= 4 is 63.7 Å². The predicted molar refractivity (Wildman–Crippen MR) is 271 cm³/mol. The van der Waals surface area contributed by atoms with Gasteiger partial charge < -0.3 is 15.5 Å². The number of aryl methyl sites for hydroxylation is 1. The normalized spacial score (nSPS) is 15.6. The maximum Gasteiger partial charge on any atom is 0.294 e. The van der Waals surface area contributed by atoms with E-state index in [0.29, 0.717) is 65.2 Å². The first kappa shape index (κ1) is 58.7. The van der Waals surface area contributed by atoms with E-state index in [0.717, 1.165) is 0 Å². The van der Waals surface area contributed by atoms with Crippen LogP contribution in [0.3, 0.4) is 0 Å². The molecule has 392 valence electrons. The Morgan fingerprint density at radius 2 is 1.47 bits per heavy atom. The molecule has 1 aliphatic heterocycles. The second-order valence-corrected chi connectivity index (χ2v) is 23.6. The molecule has 2 aromatic carbocycles. The van der Waals surface area contributed by atoms with Gasteiger partial charge in [-0.15, -0.1) is 0 Å². The van der Waals surface area contributed by atoms with Crippen LogP contribution in [0.1, 0.15) is 98.5 Å². The molecule has 0 spiro atoms. The van der Waals surface area contributed by atoms with Crippen molar-refractivity contribution in [3.63, 3.8) is 0 Å². The number of rotatable bonds is 27. The first-order valence-corrected chi connectivity index (χ1v) is 28.7. The zero-order valence-electron chi connectivity index (χ0n) is 40.2. The van der Waals surface area contributed by atoms with Gasteiger partial charge in [0.05, 0.1) is 33.4 Å². The van der Waals surface area contributed by atoms with E-state index < -0.39 is 68.7 Å². The summed E-state index contributed by atoms with van der Waals surface area (Å²) in [6, 6.07) is 11.3. The number of amides is 2. The zero-order chi connectivity index (χ0) is 53.5. The Hall–Kier alpha value is -5.83. The van der Waals surface area contributed by atoms with Gasteiger partial charge in [-0.3, -0.25) is 37.8 Å². The third kappa shape index (κ3) is 17.4. The van der Waals surface area contributed by atoms with Gasteiger partial charge >= 0.3 is 0 Å². The Morgan fingerprint density at radius 1 is 0.819 bits per heavy atom. The van der Waals surface area contributed by atoms with E-state index in [1.54, 1.807) is 48.3 Å². The van der Waals surface area contributed by atoms with E-state index in [4.69, 9.17) is 10.5 Å². The third-order valence-electron chi connectivity index (χ3n) is 11.9. The molecule has 4 rings (SSSR count). The fourth-order valence-corrected chi connectivity index (χ4v) is 10.2. The van der Waals surface area contributed by atoms with Crippen LogP contribution >= 0.6 is 0 Å². The summed E-state index contributed by atoms with van der Waals surface area (Å²) in [6.07, 6.45) is 11.6. The standard InChI is InChI=1S/C46H60N8O14S4/c1-33-16-19-36(71(63,64)65)29-38(33)46(4,22-10-6-9-15-43(55)49-24-25-50-44(56)34-17-18-35(51-31-34)32-52-53-47)41(48-23-11-27-69(57,58)59)13-7-5-8-14-42-45(2,3)39-30-37(72(66,67)68)20-21-40(39)54(42)26-12-28-70(60,61)62/h5,7-8,13-14,16-21,29-31H,6,9-12,15,22-28,32H2,1-4H3,(H,49,55)(H,50,56)(H,57,58,59)(H,60,61,62)(H,63,64,65)(H,66,67,68)/b8-5?,13-7?,42-14-,48-41+. The van der Waals surface area contributed by atoms with Crippen molar-refractivity contribution in [1.82, 2.24) is 15.6 Å². The Balaban J connectivity index is 1.58. The molecular weight excluding hydrogens is 1020 g/mol. The average Bonchev–Trinajstić information content (AvgIpc) is 3.49. The maximum absolute atomic E-state index is 12.8. The van der Waals surface area contributed by atoms with Gasteiger partial charge in [-0.1, -0.05) is 56.1 Å². The second kappa shape index (κ2) is 25.2. The van der Waals surface area contributed by atoms with E-state index in [1.807, 2.05) is 20.8 Å². The Morgan fingerprint density at radius 3 is 2.11 bits per heavy atom. The van der Waals surface area contributed by atoms with Crippen molar-refractivity contribution in [1.29, 1.82) is 0 Å². The number of benzene rings is 2. The minimum Gasteiger partial charge on any atom is -0.354 e. The van der Waals surface area contributed by atoms with Crippen LogP contribution in [-0.2, 0) is 62.6 Å². The van der Waals surface area contributed by atoms with Crippen molar-refractivity contribution in [3.8, 4) is 0 Å². The van der Waals surface area contributed by atoms with E-state index >= 15 is 0 Å². The molecule has 1 unspecified atom stereocenters. The molecule has 0 saturated carbocycles. The van der Waals surface area contributed by atoms with Gasteiger partial charge in [0.1, 0.15) is 0 Å². The third-order valence-corrected chi connectivity index (χ3v) is 15.2. The van der Waals surface area contributed by atoms with Gasteiger partial charge in [0.15, 0.2) is 0 Å². The van der Waals surface area contributed by atoms with Crippen LogP contribution in [0.15, 0.2) is 111 Å². The molecule has 6 N–H and O–H groups in total. The van der Waals surface area contributed by atoms with Crippen LogP contribution in [0.2, 0.25) is 0 Å². The summed E-state index contributed by atoms with van der Waals surface area (Å²) in [5, 5.41) is 8.88. The molecule has 1 aromatic heterocycles. The number of aromatic nitrogens is 1. The Bertz CT molecular complexity index is 3100. The summed E-state index contributed by atoms with van der Waals surface area (Å²) in [7, 11) is -17.9. The number of hydrogen-bond donors (Lipinski definition) is 6. The van der Waals surface area contributed by atoms with E-state index in [-0.39, 0.29) is 73.2 Å². The first-order chi connectivity index (χ1) is 33.6. The van der Waals surface area contributed by atoms with Gasteiger partial charge in [0.25, 0.3) is 46.4 Å². The van der Waals surface area contributed by atoms with E-state index in [9.17, 15) is 61.5 Å². The fraction of sp³-hybridized carbons (Fsp3) is 0.435. The van der Waals surface area contributed by atoms with Gasteiger partial charge in [-0.05, 0) is 116 Å². The lowest BCUT2D eigenvalue weighted by Gasteiger charge is -2.33. The highest BCUT2D eigenvalue weighted by atomic mass is 32.2. The van der Waals surface area contributed by atoms with Crippen LogP contribution in [0.5, 0.6) is 0 Å². The van der Waals surface area contributed by atoms with Gasteiger partial charge in [0.2, 0.25) is 5.91 Å². The SMILES string of the molecule is Cc1ccc(S(=O)(=O)O)cc1C(C)(CCCCCC(=O)NCCNC(=O)c1ccc(CN=[N+]=[N-])nc1)/C(C=CC=C/C=C1\N(CCCS(=O)(=O)O)c2ccc(S(=O)(=O)O)cc2C1(C)C)=N/CCCS(=O)(=O)O. The molecule has 0 bridgehead atoms. The van der Waals surface area contributed by atoms with Gasteiger partial charge in [0, 0.05) is 77.3 Å². The van der Waals surface area contributed by atoms with Crippen LogP contribution in [0.25, 0.3) is 10.4 Å². The Kier molecular flexibility index (Phi) is 20.6. The number of unbranched alkanes of at least 4 members (excludes halogenated alkanes) is 2. The number of allylic oxidation sites excluding steroid dienone is 6. The quantitative estimate of drug-likeness (QED) is 0.00936. The monoisotopic (exact) mass is 1080 g/mol. The molecule has 2 heterocycles. The molecule has 0 fully saturated rings. The number of azide groups is 1. The topological polar surface area (TPSA) is 353 Å². The number of nitrogens with zero attached hydrogens (tertiary/aromatic N) is 6. The highest BCUT2D eigenvalue weighted by Crippen LogP contribution is 2.48. The molecule has 72 heavy (non-hydrogen) atoms. The summed E-state index contributed by atoms with van der Waals surface area (Å²) in [5.41, 5.74) is 10.5. The minimum atomic E-state index is -4.67. The zero-order valence-corrected chi connectivity index (χ0v) is 43.4. The average molecular weight is 1080 g/mol.